The quantitative estimate of drug-likeness (QED) is 0.613. The van der Waals surface area contributed by atoms with Crippen molar-refractivity contribution in [1.29, 1.82) is 0 Å². The molecule has 110 valence electrons. The van der Waals surface area contributed by atoms with Gasteiger partial charge in [0.1, 0.15) is 28.4 Å². The minimum absolute atomic E-state index is 0.0883. The smallest absolute Gasteiger partial charge is 0.341 e. The lowest BCUT2D eigenvalue weighted by Crippen LogP contribution is -2.08. The summed E-state index contributed by atoms with van der Waals surface area (Å²) in [5.74, 6) is 0.427. The number of hydrogen-bond acceptors (Lipinski definition) is 6. The predicted octanol–water partition coefficient (Wildman–Crippen LogP) is 1.49. The van der Waals surface area contributed by atoms with Gasteiger partial charge in [0.25, 0.3) is 0 Å². The average Bonchev–Trinajstić information content (AvgIpc) is 2.96. The predicted molar refractivity (Wildman–Crippen MR) is 73.4 cm³/mol. The Balaban J connectivity index is 2.59. The molecule has 0 N–H and O–H groups in total. The van der Waals surface area contributed by atoms with Gasteiger partial charge in [-0.05, 0) is 12.1 Å². The second kappa shape index (κ2) is 6.08. The van der Waals surface area contributed by atoms with E-state index in [0.717, 1.165) is 0 Å². The number of esters is 1. The molecule has 0 unspecified atom stereocenters. The number of rotatable bonds is 5. The molecule has 0 aliphatic rings. The van der Waals surface area contributed by atoms with Crippen molar-refractivity contribution in [2.24, 2.45) is 0 Å². The molecule has 0 atom stereocenters. The van der Waals surface area contributed by atoms with Crippen LogP contribution in [0.25, 0.3) is 5.69 Å². The summed E-state index contributed by atoms with van der Waals surface area (Å²) in [4.78, 5) is 22.9. The topological polar surface area (TPSA) is 79.7 Å². The molecule has 2 rings (SSSR count). The summed E-state index contributed by atoms with van der Waals surface area (Å²) in [6.45, 7) is 0. The molecule has 0 saturated heterocycles. The fourth-order valence-electron chi connectivity index (χ4n) is 1.89. The van der Waals surface area contributed by atoms with E-state index in [0.29, 0.717) is 23.5 Å². The number of aldehydes is 1. The van der Waals surface area contributed by atoms with Crippen molar-refractivity contribution in [2.45, 2.75) is 0 Å². The van der Waals surface area contributed by atoms with Crippen LogP contribution >= 0.6 is 0 Å². The highest BCUT2D eigenvalue weighted by Gasteiger charge is 2.20. The number of nitrogens with zero attached hydrogens (tertiary/aromatic N) is 2. The molecule has 0 fully saturated rings. The normalized spacial score (nSPS) is 10.0. The van der Waals surface area contributed by atoms with Crippen LogP contribution in [0.3, 0.4) is 0 Å². The van der Waals surface area contributed by atoms with E-state index in [1.807, 2.05) is 0 Å². The molecule has 0 amide bonds. The Morgan fingerprint density at radius 1 is 1.24 bits per heavy atom. The number of benzene rings is 1. The van der Waals surface area contributed by atoms with Gasteiger partial charge in [0.2, 0.25) is 0 Å². The lowest BCUT2D eigenvalue weighted by molar-refractivity contribution is 0.0598. The summed E-state index contributed by atoms with van der Waals surface area (Å²) in [6.07, 6.45) is 1.82. The van der Waals surface area contributed by atoms with Crippen LogP contribution < -0.4 is 9.47 Å². The molecule has 0 aliphatic carbocycles. The molecule has 0 radical (unpaired) electrons. The van der Waals surface area contributed by atoms with E-state index in [-0.39, 0.29) is 11.3 Å². The summed E-state index contributed by atoms with van der Waals surface area (Å²) in [5, 5.41) is 4.05. The monoisotopic (exact) mass is 290 g/mol. The molecule has 0 aliphatic heterocycles. The number of hydrogen-bond donors (Lipinski definition) is 0. The first-order valence-corrected chi connectivity index (χ1v) is 6.00. The molecule has 0 spiro atoms. The van der Waals surface area contributed by atoms with Crippen LogP contribution in [0.5, 0.6) is 11.5 Å². The fourth-order valence-corrected chi connectivity index (χ4v) is 1.89. The van der Waals surface area contributed by atoms with Crippen LogP contribution in [0, 0.1) is 0 Å². The molecule has 1 aromatic heterocycles. The summed E-state index contributed by atoms with van der Waals surface area (Å²) < 4.78 is 16.3. The van der Waals surface area contributed by atoms with Gasteiger partial charge in [-0.3, -0.25) is 4.79 Å². The van der Waals surface area contributed by atoms with Gasteiger partial charge in [-0.2, -0.15) is 5.10 Å². The van der Waals surface area contributed by atoms with Gasteiger partial charge in [0.05, 0.1) is 27.5 Å². The lowest BCUT2D eigenvalue weighted by Gasteiger charge is -2.11. The van der Waals surface area contributed by atoms with Crippen molar-refractivity contribution in [1.82, 2.24) is 9.78 Å². The molecule has 0 bridgehead atoms. The zero-order chi connectivity index (χ0) is 15.4. The maximum atomic E-state index is 11.6. The number of methoxy groups -OCH3 is 3. The average molecular weight is 290 g/mol. The van der Waals surface area contributed by atoms with E-state index in [1.54, 1.807) is 18.2 Å². The SMILES string of the molecule is COC(=O)c1cnn(-c2ccc(OC)cc2OC)c1C=O. The molecule has 21 heavy (non-hydrogen) atoms. The van der Waals surface area contributed by atoms with Gasteiger partial charge in [-0.15, -0.1) is 0 Å². The van der Waals surface area contributed by atoms with Crippen molar-refractivity contribution in [3.8, 4) is 17.2 Å². The molecule has 7 heteroatoms. The van der Waals surface area contributed by atoms with Crippen molar-refractivity contribution >= 4 is 12.3 Å². The summed E-state index contributed by atoms with van der Waals surface area (Å²) in [6, 6.07) is 5.04. The minimum Gasteiger partial charge on any atom is -0.497 e. The van der Waals surface area contributed by atoms with Gasteiger partial charge < -0.3 is 14.2 Å². The van der Waals surface area contributed by atoms with E-state index >= 15 is 0 Å². The van der Waals surface area contributed by atoms with E-state index in [9.17, 15) is 9.59 Å². The van der Waals surface area contributed by atoms with Crippen molar-refractivity contribution in [3.63, 3.8) is 0 Å². The van der Waals surface area contributed by atoms with E-state index in [1.165, 1.54) is 32.2 Å². The van der Waals surface area contributed by atoms with Crippen LogP contribution in [0.4, 0.5) is 0 Å². The number of carbonyl (C=O) groups is 2. The second-order valence-corrected chi connectivity index (χ2v) is 4.00. The Labute approximate surface area is 121 Å². The molecule has 2 aromatic rings. The minimum atomic E-state index is -0.629. The first-order valence-electron chi connectivity index (χ1n) is 6.00. The highest BCUT2D eigenvalue weighted by Crippen LogP contribution is 2.28. The summed E-state index contributed by atoms with van der Waals surface area (Å²) in [7, 11) is 4.26. The van der Waals surface area contributed by atoms with Gasteiger partial charge in [0.15, 0.2) is 6.29 Å². The largest absolute Gasteiger partial charge is 0.497 e. The van der Waals surface area contributed by atoms with Crippen LogP contribution in [0.1, 0.15) is 20.8 Å². The lowest BCUT2D eigenvalue weighted by atomic mass is 10.2. The van der Waals surface area contributed by atoms with Crippen molar-refractivity contribution in [3.05, 3.63) is 35.7 Å². The maximum absolute atomic E-state index is 11.6. The van der Waals surface area contributed by atoms with E-state index in [2.05, 4.69) is 9.84 Å². The number of carbonyl (C=O) groups excluding carboxylic acids is 2. The first kappa shape index (κ1) is 14.6. The van der Waals surface area contributed by atoms with Crippen molar-refractivity contribution < 1.29 is 23.8 Å². The van der Waals surface area contributed by atoms with Crippen LogP contribution in [-0.4, -0.2) is 43.4 Å². The second-order valence-electron chi connectivity index (χ2n) is 4.00. The third kappa shape index (κ3) is 2.58. The molecule has 7 nitrogen and oxygen atoms in total. The fraction of sp³-hybridized carbons (Fsp3) is 0.214. The van der Waals surface area contributed by atoms with Gasteiger partial charge >= 0.3 is 5.97 Å². The van der Waals surface area contributed by atoms with E-state index in [4.69, 9.17) is 9.47 Å². The Kier molecular flexibility index (Phi) is 4.22. The Morgan fingerprint density at radius 3 is 2.57 bits per heavy atom. The first-order chi connectivity index (χ1) is 10.2. The van der Waals surface area contributed by atoms with Gasteiger partial charge in [-0.25, -0.2) is 9.48 Å². The van der Waals surface area contributed by atoms with Gasteiger partial charge in [0, 0.05) is 6.07 Å². The Hall–Kier alpha value is -2.83. The molecular formula is C14H14N2O5. The maximum Gasteiger partial charge on any atom is 0.341 e. The molecule has 1 heterocycles. The standard InChI is InChI=1S/C14H14N2O5/c1-19-9-4-5-11(13(6-9)20-2)16-12(8-17)10(7-15-16)14(18)21-3/h4-8H,1-3H3. The highest BCUT2D eigenvalue weighted by molar-refractivity contribution is 5.97. The van der Waals surface area contributed by atoms with Crippen molar-refractivity contribution in [2.75, 3.05) is 21.3 Å². The van der Waals surface area contributed by atoms with Crippen LogP contribution in [0.15, 0.2) is 24.4 Å². The van der Waals surface area contributed by atoms with Gasteiger partial charge in [-0.1, -0.05) is 0 Å². The Morgan fingerprint density at radius 2 is 2.00 bits per heavy atom. The third-order valence-corrected chi connectivity index (χ3v) is 2.94. The Bertz CT molecular complexity index is 678. The van der Waals surface area contributed by atoms with Crippen LogP contribution in [-0.2, 0) is 4.74 Å². The van der Waals surface area contributed by atoms with Crippen LogP contribution in [0.2, 0.25) is 0 Å². The molecular weight excluding hydrogens is 276 g/mol. The molecule has 1 aromatic carbocycles. The van der Waals surface area contributed by atoms with E-state index < -0.39 is 5.97 Å². The molecule has 0 saturated carbocycles. The summed E-state index contributed by atoms with van der Waals surface area (Å²) >= 11 is 0. The summed E-state index contributed by atoms with van der Waals surface area (Å²) in [5.41, 5.74) is 0.686. The number of aromatic nitrogens is 2. The zero-order valence-electron chi connectivity index (χ0n) is 11.8. The highest BCUT2D eigenvalue weighted by atomic mass is 16.5. The number of ether oxygens (including phenoxy) is 3. The third-order valence-electron chi connectivity index (χ3n) is 2.94. The zero-order valence-corrected chi connectivity index (χ0v) is 11.8.